The molecule has 0 fully saturated rings. The number of ether oxygens (including phenoxy) is 8. The molecule has 0 bridgehead atoms. The zero-order valence-corrected chi connectivity index (χ0v) is 26.6. The topological polar surface area (TPSA) is 94.1 Å². The molecule has 0 heterocycles. The maximum atomic E-state index is 8.58. The summed E-state index contributed by atoms with van der Waals surface area (Å²) in [4.78, 5) is 0. The molecule has 0 aliphatic carbocycles. The van der Waals surface area contributed by atoms with Gasteiger partial charge in [-0.2, -0.15) is 0 Å². The summed E-state index contributed by atoms with van der Waals surface area (Å²) in [6, 6.07) is 0. The predicted octanol–water partition coefficient (Wildman–Crippen LogP) is 5.59. The number of unbranched alkanes of at least 4 members (excludes halogenated alkanes) is 13. The molecule has 0 amide bonds. The second-order valence-electron chi connectivity index (χ2n) is 10.2. The highest BCUT2D eigenvalue weighted by Crippen LogP contribution is 2.12. The van der Waals surface area contributed by atoms with Gasteiger partial charge in [-0.05, 0) is 6.42 Å². The highest BCUT2D eigenvalue weighted by molar-refractivity contribution is 4.49. The SMILES string of the molecule is CCCCCCCCCCCCCCCCOCCOCCOCCOCCOCCOCCOCCOCCO. The van der Waals surface area contributed by atoms with E-state index < -0.39 is 0 Å². The van der Waals surface area contributed by atoms with E-state index in [1.54, 1.807) is 0 Å². The minimum Gasteiger partial charge on any atom is -0.394 e. The van der Waals surface area contributed by atoms with Crippen molar-refractivity contribution in [3.05, 3.63) is 0 Å². The minimum atomic E-state index is 0.0353. The highest BCUT2D eigenvalue weighted by Gasteiger charge is 1.97. The Bertz CT molecular complexity index is 405. The third-order valence-electron chi connectivity index (χ3n) is 6.48. The Labute approximate surface area is 252 Å². The van der Waals surface area contributed by atoms with Gasteiger partial charge < -0.3 is 43.0 Å². The first-order chi connectivity index (χ1) is 20.4. The van der Waals surface area contributed by atoms with Crippen LogP contribution in [0.1, 0.15) is 96.8 Å². The fourth-order valence-electron chi connectivity index (χ4n) is 4.10. The monoisotopic (exact) mass is 594 g/mol. The number of aliphatic hydroxyl groups is 1. The van der Waals surface area contributed by atoms with Crippen LogP contribution in [0.5, 0.6) is 0 Å². The van der Waals surface area contributed by atoms with Gasteiger partial charge >= 0.3 is 0 Å². The van der Waals surface area contributed by atoms with E-state index in [0.29, 0.717) is 99.1 Å². The first kappa shape index (κ1) is 40.6. The zero-order valence-electron chi connectivity index (χ0n) is 26.6. The molecule has 0 radical (unpaired) electrons. The summed E-state index contributed by atoms with van der Waals surface area (Å²) in [5.74, 6) is 0. The molecule has 0 aromatic heterocycles. The van der Waals surface area contributed by atoms with Gasteiger partial charge in [-0.25, -0.2) is 0 Å². The summed E-state index contributed by atoms with van der Waals surface area (Å²) in [6.45, 7) is 11.2. The van der Waals surface area contributed by atoms with E-state index in [0.717, 1.165) is 13.0 Å². The molecule has 0 atom stereocenters. The van der Waals surface area contributed by atoms with E-state index in [1.807, 2.05) is 0 Å². The van der Waals surface area contributed by atoms with E-state index in [-0.39, 0.29) is 6.61 Å². The molecule has 0 saturated carbocycles. The molecule has 0 aliphatic heterocycles. The summed E-state index contributed by atoms with van der Waals surface area (Å²) in [5.41, 5.74) is 0. The molecule has 0 saturated heterocycles. The third kappa shape index (κ3) is 39.6. The molecule has 248 valence electrons. The van der Waals surface area contributed by atoms with Crippen molar-refractivity contribution in [2.75, 3.05) is 112 Å². The zero-order chi connectivity index (χ0) is 29.6. The van der Waals surface area contributed by atoms with Crippen molar-refractivity contribution in [3.63, 3.8) is 0 Å². The van der Waals surface area contributed by atoms with Crippen LogP contribution in [0, 0.1) is 0 Å². The summed E-state index contributed by atoms with van der Waals surface area (Å²) >= 11 is 0. The van der Waals surface area contributed by atoms with Gasteiger partial charge in [-0.3, -0.25) is 0 Å². The summed E-state index contributed by atoms with van der Waals surface area (Å²) in [5, 5.41) is 8.58. The summed E-state index contributed by atoms with van der Waals surface area (Å²) < 4.78 is 43.5. The van der Waals surface area contributed by atoms with Gasteiger partial charge in [-0.15, -0.1) is 0 Å². The van der Waals surface area contributed by atoms with Gasteiger partial charge in [0, 0.05) is 6.61 Å². The standard InChI is InChI=1S/C32H66O9/c1-2-3-4-5-6-7-8-9-10-11-12-13-14-15-17-34-19-21-36-23-25-38-27-29-40-31-32-41-30-28-39-26-24-37-22-20-35-18-16-33/h33H,2-32H2,1H3. The maximum Gasteiger partial charge on any atom is 0.0701 e. The van der Waals surface area contributed by atoms with Crippen LogP contribution in [0.2, 0.25) is 0 Å². The van der Waals surface area contributed by atoms with Crippen molar-refractivity contribution in [1.82, 2.24) is 0 Å². The Balaban J connectivity index is 3.02. The molecule has 0 aromatic rings. The lowest BCUT2D eigenvalue weighted by atomic mass is 10.0. The third-order valence-corrected chi connectivity index (χ3v) is 6.48. The normalized spacial score (nSPS) is 11.6. The van der Waals surface area contributed by atoms with Crippen molar-refractivity contribution >= 4 is 0 Å². The Morgan fingerprint density at radius 2 is 0.488 bits per heavy atom. The second kappa shape index (κ2) is 39.6. The lowest BCUT2D eigenvalue weighted by Crippen LogP contribution is -2.15. The quantitative estimate of drug-likeness (QED) is 0.0918. The average Bonchev–Trinajstić information content (AvgIpc) is 2.98. The first-order valence-electron chi connectivity index (χ1n) is 16.6. The van der Waals surface area contributed by atoms with Crippen LogP contribution in [0.15, 0.2) is 0 Å². The lowest BCUT2D eigenvalue weighted by molar-refractivity contribution is -0.0238. The molecule has 0 aliphatic rings. The fourth-order valence-corrected chi connectivity index (χ4v) is 4.10. The number of rotatable bonds is 38. The number of aliphatic hydroxyl groups excluding tert-OH is 1. The first-order valence-corrected chi connectivity index (χ1v) is 16.6. The fraction of sp³-hybridized carbons (Fsp3) is 1.00. The Morgan fingerprint density at radius 1 is 0.268 bits per heavy atom. The molecular weight excluding hydrogens is 528 g/mol. The van der Waals surface area contributed by atoms with E-state index in [2.05, 4.69) is 6.92 Å². The summed E-state index contributed by atoms with van der Waals surface area (Å²) in [7, 11) is 0. The molecule has 0 aromatic carbocycles. The highest BCUT2D eigenvalue weighted by atomic mass is 16.6. The Hall–Kier alpha value is -0.360. The van der Waals surface area contributed by atoms with Crippen LogP contribution < -0.4 is 0 Å². The molecule has 0 spiro atoms. The molecule has 0 rings (SSSR count). The number of hydrogen-bond donors (Lipinski definition) is 1. The van der Waals surface area contributed by atoms with Crippen molar-refractivity contribution in [2.24, 2.45) is 0 Å². The van der Waals surface area contributed by atoms with E-state index in [1.165, 1.54) is 83.5 Å². The van der Waals surface area contributed by atoms with E-state index >= 15 is 0 Å². The average molecular weight is 595 g/mol. The van der Waals surface area contributed by atoms with Crippen LogP contribution in [0.4, 0.5) is 0 Å². The minimum absolute atomic E-state index is 0.0353. The van der Waals surface area contributed by atoms with Crippen molar-refractivity contribution in [3.8, 4) is 0 Å². The van der Waals surface area contributed by atoms with Crippen LogP contribution in [0.25, 0.3) is 0 Å². The van der Waals surface area contributed by atoms with Crippen LogP contribution in [-0.4, -0.2) is 117 Å². The molecule has 9 heteroatoms. The van der Waals surface area contributed by atoms with Crippen LogP contribution >= 0.6 is 0 Å². The van der Waals surface area contributed by atoms with Crippen molar-refractivity contribution in [2.45, 2.75) is 96.8 Å². The van der Waals surface area contributed by atoms with Gasteiger partial charge in [0.15, 0.2) is 0 Å². The Morgan fingerprint density at radius 3 is 0.756 bits per heavy atom. The van der Waals surface area contributed by atoms with Gasteiger partial charge in [0.1, 0.15) is 0 Å². The van der Waals surface area contributed by atoms with E-state index in [9.17, 15) is 0 Å². The smallest absolute Gasteiger partial charge is 0.0701 e. The van der Waals surface area contributed by atoms with Crippen LogP contribution in [0.3, 0.4) is 0 Å². The molecule has 9 nitrogen and oxygen atoms in total. The van der Waals surface area contributed by atoms with Gasteiger partial charge in [0.05, 0.1) is 106 Å². The largest absolute Gasteiger partial charge is 0.394 e. The molecular formula is C32H66O9. The number of hydrogen-bond acceptors (Lipinski definition) is 9. The summed E-state index contributed by atoms with van der Waals surface area (Å²) in [6.07, 6.45) is 19.3. The van der Waals surface area contributed by atoms with Crippen molar-refractivity contribution in [1.29, 1.82) is 0 Å². The van der Waals surface area contributed by atoms with Gasteiger partial charge in [0.2, 0.25) is 0 Å². The van der Waals surface area contributed by atoms with Crippen LogP contribution in [-0.2, 0) is 37.9 Å². The molecule has 41 heavy (non-hydrogen) atoms. The van der Waals surface area contributed by atoms with Crippen molar-refractivity contribution < 1.29 is 43.0 Å². The maximum absolute atomic E-state index is 8.58. The van der Waals surface area contributed by atoms with Gasteiger partial charge in [0.25, 0.3) is 0 Å². The lowest BCUT2D eigenvalue weighted by Gasteiger charge is -2.08. The predicted molar refractivity (Wildman–Crippen MR) is 164 cm³/mol. The Kier molecular flexibility index (Phi) is 39.3. The molecule has 0 unspecified atom stereocenters. The molecule has 1 N–H and O–H groups in total. The second-order valence-corrected chi connectivity index (χ2v) is 10.2. The van der Waals surface area contributed by atoms with Gasteiger partial charge in [-0.1, -0.05) is 90.4 Å². The van der Waals surface area contributed by atoms with E-state index in [4.69, 9.17) is 43.0 Å².